The van der Waals surface area contributed by atoms with E-state index in [4.69, 9.17) is 27.9 Å². The minimum atomic E-state index is -0.166. The van der Waals surface area contributed by atoms with Crippen molar-refractivity contribution in [3.05, 3.63) is 71.7 Å². The van der Waals surface area contributed by atoms with Crippen LogP contribution in [0.5, 0.6) is 0 Å². The molecule has 63 heavy (non-hydrogen) atoms. The number of piperazine rings is 1. The molecule has 16 heteroatoms. The van der Waals surface area contributed by atoms with Crippen molar-refractivity contribution >= 4 is 59.3 Å². The number of amides is 2. The molecule has 1 aromatic carbocycles. The summed E-state index contributed by atoms with van der Waals surface area (Å²) in [4.78, 5) is 56.3. The standard InChI is InChI=1S/C23H30ClN5OS.C23H37N5O.CH3NO/c1-23(26)9-11-29(12-10-23)19-13-27-22(21(25)28-19)31-18-4-2-3-17(20(18)24)16-7-5-15(14-30)6-8-16;1-4-5-6-22(23(29)24-2)20-15-21(17-25-16-20)28-9-7-19(8-10-28)18-27-13-11-26(3)12-14-27;2-1-3/h2-4,13-16H,5-12,26H2,1H3,(H2,25,28);4,15-17,19,22H,1,5-14,18H2,2-3H3,(H,24,29);1H,(H2,2,3). The summed E-state index contributed by atoms with van der Waals surface area (Å²) >= 11 is 8.25. The molecule has 4 fully saturated rings. The molecule has 7 rings (SSSR count). The van der Waals surface area contributed by atoms with Crippen LogP contribution in [0.15, 0.2) is 65.4 Å². The summed E-state index contributed by atoms with van der Waals surface area (Å²) in [6.45, 7) is 15.8. The van der Waals surface area contributed by atoms with Crippen LogP contribution in [0.3, 0.4) is 0 Å². The van der Waals surface area contributed by atoms with Gasteiger partial charge in [0, 0.05) is 88.5 Å². The van der Waals surface area contributed by atoms with Crippen LogP contribution in [0.4, 0.5) is 17.3 Å². The first-order chi connectivity index (χ1) is 30.4. The molecule has 14 nitrogen and oxygen atoms in total. The molecule has 1 atom stereocenters. The average Bonchev–Trinajstić information content (AvgIpc) is 3.29. The molecule has 344 valence electrons. The van der Waals surface area contributed by atoms with Crippen molar-refractivity contribution in [1.82, 2.24) is 30.1 Å². The van der Waals surface area contributed by atoms with Crippen LogP contribution in [0, 0.1) is 11.8 Å². The Bertz CT molecular complexity index is 1920. The number of aromatic nitrogens is 3. The van der Waals surface area contributed by atoms with Crippen LogP contribution in [-0.2, 0) is 14.4 Å². The fourth-order valence-corrected chi connectivity index (χ4v) is 10.2. The Hall–Kier alpha value is -4.28. The number of rotatable bonds is 13. The number of piperidine rings is 2. The Labute approximate surface area is 384 Å². The number of aldehydes is 1. The molecule has 3 aromatic rings. The maximum absolute atomic E-state index is 12.4. The molecule has 4 aliphatic rings. The van der Waals surface area contributed by atoms with E-state index in [1.54, 1.807) is 13.2 Å². The quantitative estimate of drug-likeness (QED) is 0.114. The smallest absolute Gasteiger partial charge is 0.227 e. The second-order valence-electron chi connectivity index (χ2n) is 17.7. The van der Waals surface area contributed by atoms with E-state index in [0.717, 1.165) is 122 Å². The Balaban J connectivity index is 0.000000224. The van der Waals surface area contributed by atoms with Gasteiger partial charge in [-0.05, 0) is 113 Å². The lowest BCUT2D eigenvalue weighted by molar-refractivity contribution is -0.122. The number of carbonyl (C=O) groups is 3. The molecule has 3 aliphatic heterocycles. The van der Waals surface area contributed by atoms with Gasteiger partial charge >= 0.3 is 0 Å². The Morgan fingerprint density at radius 2 is 1.68 bits per heavy atom. The molecule has 7 N–H and O–H groups in total. The Kier molecular flexibility index (Phi) is 19.5. The van der Waals surface area contributed by atoms with Crippen molar-refractivity contribution < 1.29 is 14.4 Å². The third-order valence-electron chi connectivity index (χ3n) is 13.0. The summed E-state index contributed by atoms with van der Waals surface area (Å²) in [5.41, 5.74) is 19.9. The fourth-order valence-electron chi connectivity index (χ4n) is 8.94. The third kappa shape index (κ3) is 14.6. The predicted molar refractivity (Wildman–Crippen MR) is 256 cm³/mol. The highest BCUT2D eigenvalue weighted by Gasteiger charge is 2.29. The molecular weight excluding hydrogens is 834 g/mol. The van der Waals surface area contributed by atoms with Crippen LogP contribution in [-0.4, -0.2) is 122 Å². The van der Waals surface area contributed by atoms with Crippen LogP contribution in [0.2, 0.25) is 5.02 Å². The number of anilines is 3. The highest BCUT2D eigenvalue weighted by molar-refractivity contribution is 7.99. The number of pyridine rings is 1. The maximum Gasteiger partial charge on any atom is 0.227 e. The lowest BCUT2D eigenvalue weighted by Crippen LogP contribution is -2.48. The van der Waals surface area contributed by atoms with Gasteiger partial charge in [-0.15, -0.1) is 6.58 Å². The van der Waals surface area contributed by atoms with Crippen molar-refractivity contribution in [2.24, 2.45) is 23.3 Å². The molecule has 0 spiro atoms. The third-order valence-corrected chi connectivity index (χ3v) is 14.6. The monoisotopic (exact) mass is 904 g/mol. The van der Waals surface area contributed by atoms with E-state index in [2.05, 4.69) is 78.3 Å². The van der Waals surface area contributed by atoms with Gasteiger partial charge in [-0.2, -0.15) is 0 Å². The van der Waals surface area contributed by atoms with Crippen LogP contribution >= 0.6 is 23.4 Å². The van der Waals surface area contributed by atoms with Gasteiger partial charge in [0.15, 0.2) is 5.82 Å². The molecule has 2 aromatic heterocycles. The van der Waals surface area contributed by atoms with E-state index in [1.165, 1.54) is 57.3 Å². The molecule has 1 saturated carbocycles. The second kappa shape index (κ2) is 24.7. The first-order valence-electron chi connectivity index (χ1n) is 22.5. The number of hydrogen-bond acceptors (Lipinski definition) is 13. The van der Waals surface area contributed by atoms with E-state index >= 15 is 0 Å². The van der Waals surface area contributed by atoms with Gasteiger partial charge in [-0.25, -0.2) is 9.97 Å². The summed E-state index contributed by atoms with van der Waals surface area (Å²) in [5.74, 6) is 2.47. The number of nitrogen functional groups attached to an aromatic ring is 1. The van der Waals surface area contributed by atoms with Gasteiger partial charge in [0.2, 0.25) is 12.3 Å². The number of allylic oxidation sites excluding steroid dienone is 1. The first kappa shape index (κ1) is 49.7. The number of nitrogens with one attached hydrogen (secondary N) is 1. The van der Waals surface area contributed by atoms with E-state index in [-0.39, 0.29) is 29.7 Å². The van der Waals surface area contributed by atoms with Gasteiger partial charge in [0.1, 0.15) is 17.1 Å². The average molecular weight is 905 g/mol. The molecule has 5 heterocycles. The van der Waals surface area contributed by atoms with Crippen molar-refractivity contribution in [1.29, 1.82) is 0 Å². The minimum absolute atomic E-state index is 0.0525. The molecule has 0 radical (unpaired) electrons. The van der Waals surface area contributed by atoms with Gasteiger partial charge in [0.25, 0.3) is 0 Å². The van der Waals surface area contributed by atoms with E-state index in [0.29, 0.717) is 16.8 Å². The van der Waals surface area contributed by atoms with Crippen molar-refractivity contribution in [2.45, 2.75) is 98.4 Å². The molecule has 1 unspecified atom stereocenters. The summed E-state index contributed by atoms with van der Waals surface area (Å²) in [6.07, 6.45) is 18.5. The number of halogens is 1. The van der Waals surface area contributed by atoms with Gasteiger partial charge in [-0.3, -0.25) is 14.6 Å². The summed E-state index contributed by atoms with van der Waals surface area (Å²) in [6, 6.07) is 8.29. The van der Waals surface area contributed by atoms with E-state index < -0.39 is 0 Å². The Morgan fingerprint density at radius 3 is 2.30 bits per heavy atom. The number of primary amides is 1. The largest absolute Gasteiger partial charge is 0.381 e. The topological polar surface area (TPSA) is 193 Å². The Morgan fingerprint density at radius 1 is 1.00 bits per heavy atom. The molecular formula is C47H70ClN11O3S. The minimum Gasteiger partial charge on any atom is -0.381 e. The zero-order chi connectivity index (χ0) is 45.4. The summed E-state index contributed by atoms with van der Waals surface area (Å²) in [5, 5.41) is 4.21. The van der Waals surface area contributed by atoms with Crippen LogP contribution in [0.1, 0.15) is 94.1 Å². The fraction of sp³-hybridized carbons (Fsp3) is 0.574. The van der Waals surface area contributed by atoms with Crippen molar-refractivity contribution in [3.63, 3.8) is 0 Å². The zero-order valence-electron chi connectivity index (χ0n) is 37.6. The molecule has 1 aliphatic carbocycles. The van der Waals surface area contributed by atoms with Crippen LogP contribution in [0.25, 0.3) is 0 Å². The zero-order valence-corrected chi connectivity index (χ0v) is 39.2. The maximum atomic E-state index is 12.4. The van der Waals surface area contributed by atoms with Crippen LogP contribution < -0.4 is 32.3 Å². The second-order valence-corrected chi connectivity index (χ2v) is 19.2. The lowest BCUT2D eigenvalue weighted by atomic mass is 9.79. The number of nitrogens with two attached hydrogens (primary N) is 3. The molecule has 2 amide bonds. The number of hydrogen-bond donors (Lipinski definition) is 4. The first-order valence-corrected chi connectivity index (χ1v) is 23.7. The molecule has 0 bridgehead atoms. The summed E-state index contributed by atoms with van der Waals surface area (Å²) < 4.78 is 0. The van der Waals surface area contributed by atoms with E-state index in [9.17, 15) is 9.59 Å². The highest BCUT2D eigenvalue weighted by Crippen LogP contribution is 2.43. The predicted octanol–water partition coefficient (Wildman–Crippen LogP) is 6.10. The van der Waals surface area contributed by atoms with Gasteiger partial charge in [-0.1, -0.05) is 41.6 Å². The van der Waals surface area contributed by atoms with E-state index in [1.807, 2.05) is 30.6 Å². The highest BCUT2D eigenvalue weighted by atomic mass is 35.5. The number of benzene rings is 1. The number of carbonyl (C=O) groups excluding carboxylic acids is 3. The summed E-state index contributed by atoms with van der Waals surface area (Å²) in [7, 11) is 3.91. The van der Waals surface area contributed by atoms with Crippen molar-refractivity contribution in [3.8, 4) is 0 Å². The van der Waals surface area contributed by atoms with Gasteiger partial charge in [0.05, 0.1) is 29.0 Å². The molecule has 3 saturated heterocycles. The SMILES string of the molecule is C=CCCC(C(=O)NC)c1cncc(N2CCC(CN3CCN(C)CC3)CC2)c1.CC1(N)CCN(c2cnc(Sc3cccc(C4CCC(C=O)CC4)c3Cl)c(N)n2)CC1.NC=O. The number of nitrogens with zero attached hydrogens (tertiary/aromatic N) is 7. The van der Waals surface area contributed by atoms with Crippen molar-refractivity contribution in [2.75, 3.05) is 88.5 Å². The lowest BCUT2D eigenvalue weighted by Gasteiger charge is -2.38. The normalized spacial score (nSPS) is 21.2. The number of likely N-dealkylation sites (N-methyl/N-ethyl adjacent to an activating group) is 2. The van der Waals surface area contributed by atoms with Gasteiger partial charge < -0.3 is 46.9 Å².